The van der Waals surface area contributed by atoms with Gasteiger partial charge in [-0.05, 0) is 44.3 Å². The van der Waals surface area contributed by atoms with Gasteiger partial charge in [-0.1, -0.05) is 11.6 Å². The largest absolute Gasteiger partial charge is 0.491 e. The fourth-order valence-corrected chi connectivity index (χ4v) is 2.31. The highest BCUT2D eigenvalue weighted by atomic mass is 35.5. The minimum Gasteiger partial charge on any atom is -0.491 e. The third-order valence-corrected chi connectivity index (χ3v) is 3.54. The minimum absolute atomic E-state index is 0.289. The number of hydrogen-bond donors (Lipinski definition) is 2. The summed E-state index contributed by atoms with van der Waals surface area (Å²) in [6.07, 6.45) is 0.642. The van der Waals surface area contributed by atoms with Crippen LogP contribution in [-0.2, 0) is 0 Å². The van der Waals surface area contributed by atoms with Crippen molar-refractivity contribution < 1.29 is 9.84 Å². The van der Waals surface area contributed by atoms with Crippen molar-refractivity contribution in [1.82, 2.24) is 10.2 Å². The van der Waals surface area contributed by atoms with Gasteiger partial charge >= 0.3 is 0 Å². The zero-order valence-corrected chi connectivity index (χ0v) is 11.9. The molecule has 1 saturated heterocycles. The number of aliphatic hydroxyl groups is 1. The number of nitrogens with one attached hydrogen (secondary N) is 1. The molecule has 1 heterocycles. The average molecular weight is 285 g/mol. The van der Waals surface area contributed by atoms with Gasteiger partial charge in [-0.2, -0.15) is 0 Å². The molecule has 5 heteroatoms. The van der Waals surface area contributed by atoms with Crippen LogP contribution in [0.2, 0.25) is 5.02 Å². The van der Waals surface area contributed by atoms with Gasteiger partial charge in [0.25, 0.3) is 0 Å². The van der Waals surface area contributed by atoms with E-state index in [0.29, 0.717) is 17.6 Å². The summed E-state index contributed by atoms with van der Waals surface area (Å²) in [6.45, 7) is 3.02. The zero-order valence-electron chi connectivity index (χ0n) is 11.2. The highest BCUT2D eigenvalue weighted by Gasteiger charge is 2.19. The van der Waals surface area contributed by atoms with Crippen LogP contribution in [0.15, 0.2) is 24.3 Å². The van der Waals surface area contributed by atoms with Gasteiger partial charge in [0, 0.05) is 24.2 Å². The van der Waals surface area contributed by atoms with Gasteiger partial charge in [0.2, 0.25) is 0 Å². The number of ether oxygens (including phenoxy) is 1. The lowest BCUT2D eigenvalue weighted by atomic mass is 10.2. The van der Waals surface area contributed by atoms with E-state index in [2.05, 4.69) is 17.3 Å². The summed E-state index contributed by atoms with van der Waals surface area (Å²) in [4.78, 5) is 2.29. The second-order valence-electron chi connectivity index (χ2n) is 5.07. The van der Waals surface area contributed by atoms with Gasteiger partial charge in [0.15, 0.2) is 0 Å². The van der Waals surface area contributed by atoms with Crippen LogP contribution in [0.1, 0.15) is 6.42 Å². The molecule has 0 aromatic heterocycles. The first-order chi connectivity index (χ1) is 9.13. The van der Waals surface area contributed by atoms with E-state index in [1.165, 1.54) is 0 Å². The fraction of sp³-hybridized carbons (Fsp3) is 0.571. The molecule has 1 aliphatic heterocycles. The summed E-state index contributed by atoms with van der Waals surface area (Å²) < 4.78 is 5.50. The summed E-state index contributed by atoms with van der Waals surface area (Å²) >= 11 is 5.79. The summed E-state index contributed by atoms with van der Waals surface area (Å²) in [5.74, 6) is 0.726. The first kappa shape index (κ1) is 14.6. The van der Waals surface area contributed by atoms with Crippen LogP contribution in [0.25, 0.3) is 0 Å². The Bertz CT molecular complexity index is 386. The molecule has 1 aromatic rings. The molecule has 0 aliphatic carbocycles. The Morgan fingerprint density at radius 2 is 2.21 bits per heavy atom. The van der Waals surface area contributed by atoms with E-state index >= 15 is 0 Å². The molecule has 0 radical (unpaired) electrons. The number of nitrogens with zero attached hydrogens (tertiary/aromatic N) is 1. The predicted octanol–water partition coefficient (Wildman–Crippen LogP) is 1.37. The van der Waals surface area contributed by atoms with E-state index in [0.717, 1.165) is 25.3 Å². The monoisotopic (exact) mass is 284 g/mol. The quantitative estimate of drug-likeness (QED) is 0.828. The molecule has 2 atom stereocenters. The van der Waals surface area contributed by atoms with Crippen LogP contribution < -0.4 is 10.1 Å². The molecule has 4 nitrogen and oxygen atoms in total. The molecule has 1 fully saturated rings. The van der Waals surface area contributed by atoms with E-state index in [9.17, 15) is 5.11 Å². The fourth-order valence-electron chi connectivity index (χ4n) is 2.19. The molecule has 19 heavy (non-hydrogen) atoms. The lowest BCUT2D eigenvalue weighted by molar-refractivity contribution is 0.104. The van der Waals surface area contributed by atoms with Crippen molar-refractivity contribution in [3.05, 3.63) is 29.3 Å². The van der Waals surface area contributed by atoms with Crippen LogP contribution in [0, 0.1) is 0 Å². The normalized spacial score (nSPS) is 21.5. The summed E-state index contributed by atoms with van der Waals surface area (Å²) in [7, 11) is 2.11. The lowest BCUT2D eigenvalue weighted by Crippen LogP contribution is -2.39. The Hall–Kier alpha value is -0.810. The van der Waals surface area contributed by atoms with Crippen molar-refractivity contribution in [3.8, 4) is 5.75 Å². The molecule has 0 amide bonds. The molecule has 0 saturated carbocycles. The minimum atomic E-state index is -0.499. The third kappa shape index (κ3) is 4.99. The van der Waals surface area contributed by atoms with E-state index in [4.69, 9.17) is 16.3 Å². The second-order valence-corrected chi connectivity index (χ2v) is 5.51. The van der Waals surface area contributed by atoms with Crippen LogP contribution in [0.5, 0.6) is 5.75 Å². The van der Waals surface area contributed by atoms with E-state index < -0.39 is 6.10 Å². The molecule has 0 spiro atoms. The number of benzene rings is 1. The van der Waals surface area contributed by atoms with E-state index in [-0.39, 0.29) is 6.61 Å². The number of aliphatic hydroxyl groups excluding tert-OH is 1. The Balaban J connectivity index is 1.64. The Morgan fingerprint density at radius 1 is 1.47 bits per heavy atom. The number of likely N-dealkylation sites (tertiary alicyclic amines) is 1. The standard InChI is InChI=1S/C14H21ClN2O2/c1-17-7-6-12(9-17)16-8-13(18)10-19-14-4-2-11(15)3-5-14/h2-5,12-13,16,18H,6-10H2,1H3. The lowest BCUT2D eigenvalue weighted by Gasteiger charge is -2.17. The number of rotatable bonds is 6. The highest BCUT2D eigenvalue weighted by molar-refractivity contribution is 6.30. The van der Waals surface area contributed by atoms with Crippen molar-refractivity contribution in [2.24, 2.45) is 0 Å². The molecule has 1 aliphatic rings. The first-order valence-corrected chi connectivity index (χ1v) is 6.99. The van der Waals surface area contributed by atoms with Crippen LogP contribution in [0.4, 0.5) is 0 Å². The molecule has 106 valence electrons. The van der Waals surface area contributed by atoms with Gasteiger partial charge in [-0.3, -0.25) is 0 Å². The van der Waals surface area contributed by atoms with Gasteiger partial charge in [0.1, 0.15) is 18.5 Å². The van der Waals surface area contributed by atoms with Gasteiger partial charge in [-0.25, -0.2) is 0 Å². The maximum atomic E-state index is 9.86. The van der Waals surface area contributed by atoms with E-state index in [1.807, 2.05) is 0 Å². The van der Waals surface area contributed by atoms with Crippen LogP contribution in [0.3, 0.4) is 0 Å². The zero-order chi connectivity index (χ0) is 13.7. The second kappa shape index (κ2) is 7.10. The van der Waals surface area contributed by atoms with Crippen LogP contribution in [-0.4, -0.2) is 55.4 Å². The third-order valence-electron chi connectivity index (χ3n) is 3.29. The average Bonchev–Trinajstić information content (AvgIpc) is 2.81. The molecule has 2 rings (SSSR count). The van der Waals surface area contributed by atoms with Crippen molar-refractivity contribution in [3.63, 3.8) is 0 Å². The Labute approximate surface area is 119 Å². The summed E-state index contributed by atoms with van der Waals surface area (Å²) in [6, 6.07) is 7.63. The number of halogens is 1. The summed E-state index contributed by atoms with van der Waals surface area (Å²) in [5, 5.41) is 13.9. The Morgan fingerprint density at radius 3 is 2.84 bits per heavy atom. The molecular weight excluding hydrogens is 264 g/mol. The van der Waals surface area contributed by atoms with Gasteiger partial charge < -0.3 is 20.1 Å². The Kier molecular flexibility index (Phi) is 5.45. The van der Waals surface area contributed by atoms with Crippen molar-refractivity contribution in [2.45, 2.75) is 18.6 Å². The summed E-state index contributed by atoms with van der Waals surface area (Å²) in [5.41, 5.74) is 0. The van der Waals surface area contributed by atoms with Crippen molar-refractivity contribution >= 4 is 11.6 Å². The van der Waals surface area contributed by atoms with Gasteiger partial charge in [-0.15, -0.1) is 0 Å². The predicted molar refractivity (Wildman–Crippen MR) is 76.9 cm³/mol. The maximum Gasteiger partial charge on any atom is 0.119 e. The molecule has 0 bridgehead atoms. The molecule has 1 aromatic carbocycles. The molecule has 2 N–H and O–H groups in total. The molecular formula is C14H21ClN2O2. The molecule has 2 unspecified atom stereocenters. The maximum absolute atomic E-state index is 9.86. The van der Waals surface area contributed by atoms with Crippen molar-refractivity contribution in [1.29, 1.82) is 0 Å². The smallest absolute Gasteiger partial charge is 0.119 e. The van der Waals surface area contributed by atoms with Crippen molar-refractivity contribution in [2.75, 3.05) is 33.3 Å². The van der Waals surface area contributed by atoms with Crippen LogP contribution >= 0.6 is 11.6 Å². The topological polar surface area (TPSA) is 44.7 Å². The van der Waals surface area contributed by atoms with E-state index in [1.54, 1.807) is 24.3 Å². The number of hydrogen-bond acceptors (Lipinski definition) is 4. The highest BCUT2D eigenvalue weighted by Crippen LogP contribution is 2.15. The first-order valence-electron chi connectivity index (χ1n) is 6.62. The number of likely N-dealkylation sites (N-methyl/N-ethyl adjacent to an activating group) is 1. The van der Waals surface area contributed by atoms with Gasteiger partial charge in [0.05, 0.1) is 0 Å². The SMILES string of the molecule is CN1CCC(NCC(O)COc2ccc(Cl)cc2)C1.